The van der Waals surface area contributed by atoms with Gasteiger partial charge in [-0.05, 0) is 35.3 Å². The molecule has 1 saturated heterocycles. The van der Waals surface area contributed by atoms with Gasteiger partial charge in [0.15, 0.2) is 5.82 Å². The molecule has 3 heterocycles. The summed E-state index contributed by atoms with van der Waals surface area (Å²) >= 11 is 0. The summed E-state index contributed by atoms with van der Waals surface area (Å²) in [4.78, 5) is 21.6. The Morgan fingerprint density at radius 3 is 2.86 bits per heavy atom. The third-order valence-electron chi connectivity index (χ3n) is 4.79. The molecule has 0 radical (unpaired) electrons. The summed E-state index contributed by atoms with van der Waals surface area (Å²) in [5.41, 5.74) is 0.900. The number of nitro groups is 1. The molecular formula is C19H21N5O4. The Balaban J connectivity index is 1.43. The number of anilines is 1. The van der Waals surface area contributed by atoms with Gasteiger partial charge in [0.25, 0.3) is 0 Å². The van der Waals surface area contributed by atoms with Crippen molar-refractivity contribution in [3.63, 3.8) is 0 Å². The van der Waals surface area contributed by atoms with E-state index in [0.717, 1.165) is 43.0 Å². The van der Waals surface area contributed by atoms with Gasteiger partial charge in [-0.2, -0.15) is 0 Å². The number of hydrogen-bond acceptors (Lipinski definition) is 7. The van der Waals surface area contributed by atoms with Crippen molar-refractivity contribution in [2.45, 2.75) is 13.5 Å². The molecule has 0 saturated carbocycles. The van der Waals surface area contributed by atoms with Gasteiger partial charge in [-0.3, -0.25) is 0 Å². The van der Waals surface area contributed by atoms with Crippen LogP contribution in [0.5, 0.6) is 5.75 Å². The van der Waals surface area contributed by atoms with Gasteiger partial charge in [0, 0.05) is 25.4 Å². The van der Waals surface area contributed by atoms with Crippen molar-refractivity contribution < 1.29 is 14.4 Å². The highest BCUT2D eigenvalue weighted by Gasteiger charge is 2.17. The molecule has 0 unspecified atom stereocenters. The van der Waals surface area contributed by atoms with Gasteiger partial charge >= 0.3 is 5.82 Å². The molecule has 9 nitrogen and oxygen atoms in total. The van der Waals surface area contributed by atoms with Gasteiger partial charge in [0.1, 0.15) is 30.9 Å². The number of aryl methyl sites for hydroxylation is 1. The third-order valence-corrected chi connectivity index (χ3v) is 4.79. The van der Waals surface area contributed by atoms with E-state index in [2.05, 4.69) is 9.88 Å². The molecule has 0 atom stereocenters. The van der Waals surface area contributed by atoms with Crippen LogP contribution >= 0.6 is 0 Å². The second kappa shape index (κ2) is 7.81. The van der Waals surface area contributed by atoms with E-state index < -0.39 is 4.92 Å². The lowest BCUT2D eigenvalue weighted by Crippen LogP contribution is -2.36. The Bertz CT molecular complexity index is 997. The summed E-state index contributed by atoms with van der Waals surface area (Å²) in [7, 11) is 0. The monoisotopic (exact) mass is 383 g/mol. The van der Waals surface area contributed by atoms with Gasteiger partial charge in [-0.15, -0.1) is 0 Å². The first-order valence-corrected chi connectivity index (χ1v) is 9.14. The van der Waals surface area contributed by atoms with E-state index in [1.54, 1.807) is 6.92 Å². The minimum absolute atomic E-state index is 0.0283. The molecule has 28 heavy (non-hydrogen) atoms. The molecule has 0 bridgehead atoms. The molecule has 1 aliphatic heterocycles. The molecule has 146 valence electrons. The largest absolute Gasteiger partial charge is 0.489 e. The number of ether oxygens (including phenoxy) is 2. The Morgan fingerprint density at radius 1 is 1.25 bits per heavy atom. The first-order valence-electron chi connectivity index (χ1n) is 9.14. The fourth-order valence-corrected chi connectivity index (χ4v) is 3.28. The van der Waals surface area contributed by atoms with Gasteiger partial charge < -0.3 is 24.5 Å². The molecule has 1 fully saturated rings. The molecule has 0 spiro atoms. The van der Waals surface area contributed by atoms with Crippen molar-refractivity contribution in [2.75, 3.05) is 37.8 Å². The van der Waals surface area contributed by atoms with E-state index in [9.17, 15) is 10.1 Å². The fraction of sp³-hybridized carbons (Fsp3) is 0.368. The van der Waals surface area contributed by atoms with Crippen LogP contribution in [0.3, 0.4) is 0 Å². The molecule has 0 amide bonds. The zero-order valence-electron chi connectivity index (χ0n) is 15.6. The number of hydrogen-bond donors (Lipinski definition) is 0. The lowest BCUT2D eigenvalue weighted by atomic mass is 10.2. The minimum atomic E-state index is -0.437. The summed E-state index contributed by atoms with van der Waals surface area (Å²) in [6.07, 6.45) is 1.27. The Hall–Kier alpha value is -3.20. The lowest BCUT2D eigenvalue weighted by Gasteiger charge is -2.27. The van der Waals surface area contributed by atoms with Crippen LogP contribution in [0, 0.1) is 17.0 Å². The second-order valence-corrected chi connectivity index (χ2v) is 6.54. The van der Waals surface area contributed by atoms with Crippen LogP contribution in [0.4, 0.5) is 11.6 Å². The average Bonchev–Trinajstić information content (AvgIpc) is 3.09. The highest BCUT2D eigenvalue weighted by atomic mass is 16.6. The SMILES string of the molecule is Cc1ncc([N+](=O)[O-])n1CCOc1ccc2nc(N3CCOCC3)ccc2c1. The number of rotatable bonds is 6. The molecule has 1 aliphatic rings. The maximum absolute atomic E-state index is 11.0. The lowest BCUT2D eigenvalue weighted by molar-refractivity contribution is -0.392. The zero-order chi connectivity index (χ0) is 19.5. The van der Waals surface area contributed by atoms with E-state index in [-0.39, 0.29) is 5.82 Å². The van der Waals surface area contributed by atoms with Crippen LogP contribution in [-0.4, -0.2) is 52.4 Å². The standard InChI is InChI=1S/C19H21N5O4/c1-14-20-13-19(24(25)26)23(14)8-11-28-16-3-4-17-15(12-16)2-5-18(21-17)22-6-9-27-10-7-22/h2-5,12-13H,6-11H2,1H3. The van der Waals surface area contributed by atoms with Gasteiger partial charge in [0.2, 0.25) is 0 Å². The van der Waals surface area contributed by atoms with Crippen LogP contribution in [0.1, 0.15) is 5.82 Å². The molecule has 4 rings (SSSR count). The molecular weight excluding hydrogens is 362 g/mol. The van der Waals surface area contributed by atoms with Crippen molar-refractivity contribution in [1.82, 2.24) is 14.5 Å². The molecule has 1 aromatic carbocycles. The Morgan fingerprint density at radius 2 is 2.07 bits per heavy atom. The summed E-state index contributed by atoms with van der Waals surface area (Å²) in [5.74, 6) is 2.22. The highest BCUT2D eigenvalue weighted by Crippen LogP contribution is 2.23. The molecule has 0 N–H and O–H groups in total. The smallest absolute Gasteiger partial charge is 0.342 e. The maximum Gasteiger partial charge on any atom is 0.342 e. The maximum atomic E-state index is 11.0. The predicted octanol–water partition coefficient (Wildman–Crippen LogP) is 2.56. The van der Waals surface area contributed by atoms with Crippen LogP contribution in [0.2, 0.25) is 0 Å². The first-order chi connectivity index (χ1) is 13.6. The first kappa shape index (κ1) is 18.2. The average molecular weight is 383 g/mol. The number of nitrogens with zero attached hydrogens (tertiary/aromatic N) is 5. The summed E-state index contributed by atoms with van der Waals surface area (Å²) in [6.45, 7) is 5.54. The van der Waals surface area contributed by atoms with Crippen molar-refractivity contribution in [3.05, 3.63) is 52.5 Å². The number of fused-ring (bicyclic) bond motifs is 1. The van der Waals surface area contributed by atoms with Crippen molar-refractivity contribution in [2.24, 2.45) is 0 Å². The van der Waals surface area contributed by atoms with Crippen molar-refractivity contribution in [3.8, 4) is 5.75 Å². The normalized spacial score (nSPS) is 14.4. The van der Waals surface area contributed by atoms with Gasteiger partial charge in [-0.25, -0.2) is 14.5 Å². The molecule has 2 aromatic heterocycles. The van der Waals surface area contributed by atoms with E-state index in [1.807, 2.05) is 30.3 Å². The number of imidazole rings is 1. The van der Waals surface area contributed by atoms with Crippen molar-refractivity contribution >= 4 is 22.5 Å². The predicted molar refractivity (Wildman–Crippen MR) is 104 cm³/mol. The molecule has 0 aliphatic carbocycles. The number of morpholine rings is 1. The van der Waals surface area contributed by atoms with E-state index in [0.29, 0.717) is 24.7 Å². The third kappa shape index (κ3) is 3.74. The van der Waals surface area contributed by atoms with Crippen LogP contribution in [0.15, 0.2) is 36.5 Å². The quantitative estimate of drug-likeness (QED) is 0.477. The Labute approximate surface area is 161 Å². The number of benzene rings is 1. The summed E-state index contributed by atoms with van der Waals surface area (Å²) in [5, 5.41) is 12.0. The van der Waals surface area contributed by atoms with E-state index in [4.69, 9.17) is 14.5 Å². The molecule has 9 heteroatoms. The summed E-state index contributed by atoms with van der Waals surface area (Å²) < 4.78 is 12.7. The zero-order valence-corrected chi connectivity index (χ0v) is 15.6. The molecule has 3 aromatic rings. The van der Waals surface area contributed by atoms with Gasteiger partial charge in [0.05, 0.1) is 18.7 Å². The summed E-state index contributed by atoms with van der Waals surface area (Å²) in [6, 6.07) is 9.77. The van der Waals surface area contributed by atoms with E-state index in [1.165, 1.54) is 10.8 Å². The highest BCUT2D eigenvalue weighted by molar-refractivity contribution is 5.81. The van der Waals surface area contributed by atoms with Crippen LogP contribution in [0.25, 0.3) is 10.9 Å². The fourth-order valence-electron chi connectivity index (χ4n) is 3.28. The Kier molecular flexibility index (Phi) is 5.07. The number of pyridine rings is 1. The van der Waals surface area contributed by atoms with E-state index >= 15 is 0 Å². The van der Waals surface area contributed by atoms with Crippen LogP contribution < -0.4 is 9.64 Å². The van der Waals surface area contributed by atoms with Gasteiger partial charge in [-0.1, -0.05) is 0 Å². The van der Waals surface area contributed by atoms with Crippen molar-refractivity contribution in [1.29, 1.82) is 0 Å². The minimum Gasteiger partial charge on any atom is -0.489 e. The topological polar surface area (TPSA) is 95.5 Å². The second-order valence-electron chi connectivity index (χ2n) is 6.54. The van der Waals surface area contributed by atoms with Crippen LogP contribution in [-0.2, 0) is 11.3 Å². The number of aromatic nitrogens is 3.